The first-order valence-electron chi connectivity index (χ1n) is 6.81. The van der Waals surface area contributed by atoms with Crippen molar-refractivity contribution >= 4 is 18.3 Å². The van der Waals surface area contributed by atoms with Gasteiger partial charge in [0.25, 0.3) is 0 Å². The molecule has 18 heavy (non-hydrogen) atoms. The van der Waals surface area contributed by atoms with E-state index in [1.807, 2.05) is 0 Å². The molecule has 0 aromatic carbocycles. The summed E-state index contributed by atoms with van der Waals surface area (Å²) in [7, 11) is 0. The van der Waals surface area contributed by atoms with Gasteiger partial charge in [0.15, 0.2) is 0 Å². The van der Waals surface area contributed by atoms with Gasteiger partial charge < -0.3 is 16.2 Å². The van der Waals surface area contributed by atoms with Crippen LogP contribution in [0.2, 0.25) is 0 Å². The van der Waals surface area contributed by atoms with E-state index in [1.165, 1.54) is 0 Å². The zero-order valence-corrected chi connectivity index (χ0v) is 12.0. The van der Waals surface area contributed by atoms with Crippen LogP contribution in [0, 0.1) is 11.8 Å². The molecule has 0 saturated heterocycles. The van der Waals surface area contributed by atoms with Gasteiger partial charge in [-0.25, -0.2) is 0 Å². The van der Waals surface area contributed by atoms with Crippen LogP contribution in [0.5, 0.6) is 0 Å². The lowest BCUT2D eigenvalue weighted by Crippen LogP contribution is -2.39. The number of rotatable bonds is 6. The molecule has 4 nitrogen and oxygen atoms in total. The van der Waals surface area contributed by atoms with Crippen LogP contribution in [-0.4, -0.2) is 30.2 Å². The zero-order chi connectivity index (χ0) is 12.7. The molecule has 3 atom stereocenters. The Morgan fingerprint density at radius 3 is 2.78 bits per heavy atom. The van der Waals surface area contributed by atoms with Crippen molar-refractivity contribution in [3.63, 3.8) is 0 Å². The minimum atomic E-state index is 0. The average molecular weight is 279 g/mol. The van der Waals surface area contributed by atoms with Gasteiger partial charge in [0.05, 0.1) is 0 Å². The van der Waals surface area contributed by atoms with Crippen LogP contribution < -0.4 is 11.1 Å². The van der Waals surface area contributed by atoms with Crippen molar-refractivity contribution in [3.05, 3.63) is 0 Å². The lowest BCUT2D eigenvalue weighted by atomic mass is 9.85. The standard InChI is InChI=1S/C13H26N2O2.ClH/c1-2-10(6-7-16)9-15-13(17)11-4-3-5-12(14)8-11;/h10-12,16H,2-9,14H2,1H3,(H,15,17);1H. The van der Waals surface area contributed by atoms with Crippen LogP contribution in [0.15, 0.2) is 0 Å². The number of carbonyl (C=O) groups is 1. The monoisotopic (exact) mass is 278 g/mol. The smallest absolute Gasteiger partial charge is 0.223 e. The Bertz CT molecular complexity index is 239. The largest absolute Gasteiger partial charge is 0.396 e. The SMILES string of the molecule is CCC(CCO)CNC(=O)C1CCCC(N)C1.Cl. The summed E-state index contributed by atoms with van der Waals surface area (Å²) in [6.45, 7) is 2.97. The summed E-state index contributed by atoms with van der Waals surface area (Å²) in [5, 5.41) is 11.9. The number of carbonyl (C=O) groups excluding carboxylic acids is 1. The molecule has 1 amide bonds. The van der Waals surface area contributed by atoms with E-state index in [9.17, 15) is 4.79 Å². The van der Waals surface area contributed by atoms with Gasteiger partial charge in [-0.15, -0.1) is 12.4 Å². The van der Waals surface area contributed by atoms with Gasteiger partial charge in [0.1, 0.15) is 0 Å². The predicted octanol–water partition coefficient (Wildman–Crippen LogP) is 1.45. The fourth-order valence-electron chi connectivity index (χ4n) is 2.49. The number of amides is 1. The number of hydrogen-bond donors (Lipinski definition) is 3. The molecule has 0 heterocycles. The van der Waals surface area contributed by atoms with Gasteiger partial charge in [-0.3, -0.25) is 4.79 Å². The van der Waals surface area contributed by atoms with Crippen molar-refractivity contribution < 1.29 is 9.90 Å². The molecule has 1 fully saturated rings. The zero-order valence-electron chi connectivity index (χ0n) is 11.2. The summed E-state index contributed by atoms with van der Waals surface area (Å²) in [4.78, 5) is 11.9. The third-order valence-corrected chi connectivity index (χ3v) is 3.77. The van der Waals surface area contributed by atoms with E-state index in [-0.39, 0.29) is 36.9 Å². The number of nitrogens with one attached hydrogen (secondary N) is 1. The van der Waals surface area contributed by atoms with Crippen LogP contribution in [-0.2, 0) is 4.79 Å². The highest BCUT2D eigenvalue weighted by atomic mass is 35.5. The summed E-state index contributed by atoms with van der Waals surface area (Å²) in [6.07, 6.45) is 5.66. The van der Waals surface area contributed by atoms with E-state index in [4.69, 9.17) is 10.8 Å². The van der Waals surface area contributed by atoms with Crippen molar-refractivity contribution in [1.29, 1.82) is 0 Å². The third kappa shape index (κ3) is 6.03. The second-order valence-corrected chi connectivity index (χ2v) is 5.16. The fourth-order valence-corrected chi connectivity index (χ4v) is 2.49. The molecule has 0 aromatic rings. The number of halogens is 1. The van der Waals surface area contributed by atoms with Gasteiger partial charge in [-0.2, -0.15) is 0 Å². The molecule has 0 bridgehead atoms. The average Bonchev–Trinajstić information content (AvgIpc) is 2.34. The molecule has 1 saturated carbocycles. The normalized spacial score (nSPS) is 25.1. The van der Waals surface area contributed by atoms with Crippen LogP contribution >= 0.6 is 12.4 Å². The molecule has 1 aliphatic rings. The highest BCUT2D eigenvalue weighted by Crippen LogP contribution is 2.23. The Morgan fingerprint density at radius 2 is 2.22 bits per heavy atom. The molecule has 0 aromatic heterocycles. The quantitative estimate of drug-likeness (QED) is 0.688. The first kappa shape index (κ1) is 17.7. The van der Waals surface area contributed by atoms with Crippen molar-refractivity contribution in [1.82, 2.24) is 5.32 Å². The van der Waals surface area contributed by atoms with Crippen LogP contribution in [0.3, 0.4) is 0 Å². The molecule has 4 N–H and O–H groups in total. The van der Waals surface area contributed by atoms with E-state index in [0.717, 1.165) is 38.5 Å². The van der Waals surface area contributed by atoms with Crippen molar-refractivity contribution in [2.45, 2.75) is 51.5 Å². The molecule has 1 aliphatic carbocycles. The van der Waals surface area contributed by atoms with E-state index < -0.39 is 0 Å². The molecule has 0 spiro atoms. The van der Waals surface area contributed by atoms with Crippen LogP contribution in [0.25, 0.3) is 0 Å². The Balaban J connectivity index is 0.00000289. The topological polar surface area (TPSA) is 75.3 Å². The maximum absolute atomic E-state index is 11.9. The maximum atomic E-state index is 11.9. The minimum Gasteiger partial charge on any atom is -0.396 e. The molecule has 3 unspecified atom stereocenters. The van der Waals surface area contributed by atoms with Crippen LogP contribution in [0.1, 0.15) is 45.4 Å². The van der Waals surface area contributed by atoms with Gasteiger partial charge in [0, 0.05) is 25.1 Å². The third-order valence-electron chi connectivity index (χ3n) is 3.77. The Morgan fingerprint density at radius 1 is 1.50 bits per heavy atom. The number of aliphatic hydroxyl groups excluding tert-OH is 1. The molecular weight excluding hydrogens is 252 g/mol. The van der Waals surface area contributed by atoms with Gasteiger partial charge in [-0.1, -0.05) is 19.8 Å². The maximum Gasteiger partial charge on any atom is 0.223 e. The second kappa shape index (κ2) is 9.59. The molecular formula is C13H27ClN2O2. The van der Waals surface area contributed by atoms with Gasteiger partial charge >= 0.3 is 0 Å². The van der Waals surface area contributed by atoms with Crippen molar-refractivity contribution in [3.8, 4) is 0 Å². The predicted molar refractivity (Wildman–Crippen MR) is 75.7 cm³/mol. The molecule has 1 rings (SSSR count). The van der Waals surface area contributed by atoms with Crippen molar-refractivity contribution in [2.75, 3.05) is 13.2 Å². The van der Waals surface area contributed by atoms with Gasteiger partial charge in [0.2, 0.25) is 5.91 Å². The summed E-state index contributed by atoms with van der Waals surface area (Å²) < 4.78 is 0. The summed E-state index contributed by atoms with van der Waals surface area (Å²) in [6, 6.07) is 0.193. The summed E-state index contributed by atoms with van der Waals surface area (Å²) in [5.74, 6) is 0.642. The van der Waals surface area contributed by atoms with E-state index in [2.05, 4.69) is 12.2 Å². The summed E-state index contributed by atoms with van der Waals surface area (Å²) >= 11 is 0. The first-order valence-corrected chi connectivity index (χ1v) is 6.81. The van der Waals surface area contributed by atoms with Gasteiger partial charge in [-0.05, 0) is 31.6 Å². The highest BCUT2D eigenvalue weighted by molar-refractivity contribution is 5.85. The molecule has 5 heteroatoms. The second-order valence-electron chi connectivity index (χ2n) is 5.16. The van der Waals surface area contributed by atoms with Crippen molar-refractivity contribution in [2.24, 2.45) is 17.6 Å². The Labute approximate surface area is 116 Å². The highest BCUT2D eigenvalue weighted by Gasteiger charge is 2.25. The number of aliphatic hydroxyl groups is 1. The lowest BCUT2D eigenvalue weighted by Gasteiger charge is -2.26. The van der Waals surface area contributed by atoms with E-state index in [0.29, 0.717) is 12.5 Å². The Hall–Kier alpha value is -0.320. The minimum absolute atomic E-state index is 0. The summed E-state index contributed by atoms with van der Waals surface area (Å²) in [5.41, 5.74) is 5.88. The fraction of sp³-hybridized carbons (Fsp3) is 0.923. The number of nitrogens with two attached hydrogens (primary N) is 1. The van der Waals surface area contributed by atoms with E-state index >= 15 is 0 Å². The first-order chi connectivity index (χ1) is 8.17. The van der Waals surface area contributed by atoms with Crippen LogP contribution in [0.4, 0.5) is 0 Å². The number of hydrogen-bond acceptors (Lipinski definition) is 3. The Kier molecular flexibility index (Phi) is 9.42. The molecule has 0 aliphatic heterocycles. The lowest BCUT2D eigenvalue weighted by molar-refractivity contribution is -0.126. The molecule has 108 valence electrons. The molecule has 0 radical (unpaired) electrons. The van der Waals surface area contributed by atoms with E-state index in [1.54, 1.807) is 0 Å².